The van der Waals surface area contributed by atoms with Crippen LogP contribution in [0.3, 0.4) is 0 Å². The molecular formula is C21H28N2O6. The third-order valence-corrected chi connectivity index (χ3v) is 4.36. The van der Waals surface area contributed by atoms with E-state index < -0.39 is 4.92 Å². The van der Waals surface area contributed by atoms with Gasteiger partial charge in [0.25, 0.3) is 5.69 Å². The molecule has 8 nitrogen and oxygen atoms in total. The van der Waals surface area contributed by atoms with Gasteiger partial charge >= 0.3 is 0 Å². The first kappa shape index (κ1) is 22.1. The van der Waals surface area contributed by atoms with Crippen LogP contribution in [0.2, 0.25) is 0 Å². The lowest BCUT2D eigenvalue weighted by atomic mass is 10.1. The zero-order chi connectivity index (χ0) is 21.4. The Morgan fingerprint density at radius 2 is 1.45 bits per heavy atom. The summed E-state index contributed by atoms with van der Waals surface area (Å²) in [5, 5.41) is 14.4. The topological polar surface area (TPSA) is 92.1 Å². The number of benzene rings is 2. The monoisotopic (exact) mass is 404 g/mol. The summed E-state index contributed by atoms with van der Waals surface area (Å²) in [7, 11) is 3.11. The standard InChI is InChI=1S/C21H28N2O6/c1-6-22-16-12-20(18(26-4)10-14(16)2)28-8-7-9-29-21-13-17(23(24)25)15(3)11-19(21)27-5/h10-13,22H,6-9H2,1-5H3. The van der Waals surface area contributed by atoms with Crippen LogP contribution in [-0.2, 0) is 0 Å². The second kappa shape index (κ2) is 10.4. The van der Waals surface area contributed by atoms with E-state index >= 15 is 0 Å². The summed E-state index contributed by atoms with van der Waals surface area (Å²) in [5.74, 6) is 2.12. The van der Waals surface area contributed by atoms with Gasteiger partial charge in [-0.1, -0.05) is 0 Å². The normalized spacial score (nSPS) is 10.4. The summed E-state index contributed by atoms with van der Waals surface area (Å²) >= 11 is 0. The molecule has 0 fully saturated rings. The molecule has 0 aliphatic carbocycles. The first-order valence-corrected chi connectivity index (χ1v) is 9.42. The summed E-state index contributed by atoms with van der Waals surface area (Å²) in [5.41, 5.74) is 2.59. The second-order valence-corrected chi connectivity index (χ2v) is 6.45. The zero-order valence-electron chi connectivity index (χ0n) is 17.5. The van der Waals surface area contributed by atoms with Crippen LogP contribution in [0.15, 0.2) is 24.3 Å². The third kappa shape index (κ3) is 5.66. The first-order valence-electron chi connectivity index (χ1n) is 9.42. The molecule has 2 rings (SSSR count). The van der Waals surface area contributed by atoms with Crippen LogP contribution in [0.1, 0.15) is 24.5 Å². The van der Waals surface area contributed by atoms with Gasteiger partial charge < -0.3 is 24.3 Å². The number of nitro groups is 1. The Labute approximate surface area is 170 Å². The Hall–Kier alpha value is -3.16. The molecule has 0 spiro atoms. The molecule has 0 aromatic heterocycles. The van der Waals surface area contributed by atoms with Gasteiger partial charge in [0.2, 0.25) is 0 Å². The minimum Gasteiger partial charge on any atom is -0.493 e. The smallest absolute Gasteiger partial charge is 0.276 e. The predicted molar refractivity (Wildman–Crippen MR) is 112 cm³/mol. The van der Waals surface area contributed by atoms with E-state index in [0.29, 0.717) is 48.2 Å². The maximum absolute atomic E-state index is 11.1. The third-order valence-electron chi connectivity index (χ3n) is 4.36. The Balaban J connectivity index is 1.97. The van der Waals surface area contributed by atoms with Gasteiger partial charge in [-0.05, 0) is 38.5 Å². The Morgan fingerprint density at radius 1 is 0.897 bits per heavy atom. The number of methoxy groups -OCH3 is 2. The number of ether oxygens (including phenoxy) is 4. The van der Waals surface area contributed by atoms with Gasteiger partial charge in [0.05, 0.1) is 38.4 Å². The fraction of sp³-hybridized carbons (Fsp3) is 0.429. The second-order valence-electron chi connectivity index (χ2n) is 6.45. The van der Waals surface area contributed by atoms with Crippen molar-refractivity contribution in [2.75, 3.05) is 39.3 Å². The number of nitro benzene ring substituents is 1. The van der Waals surface area contributed by atoms with Crippen molar-refractivity contribution in [3.05, 3.63) is 45.5 Å². The average molecular weight is 404 g/mol. The highest BCUT2D eigenvalue weighted by atomic mass is 16.6. The van der Waals surface area contributed by atoms with Crippen molar-refractivity contribution in [3.8, 4) is 23.0 Å². The van der Waals surface area contributed by atoms with Crippen LogP contribution in [-0.4, -0.2) is 38.9 Å². The molecule has 2 aromatic carbocycles. The van der Waals surface area contributed by atoms with Gasteiger partial charge in [-0.3, -0.25) is 10.1 Å². The molecule has 0 saturated carbocycles. The van der Waals surface area contributed by atoms with Crippen molar-refractivity contribution in [1.82, 2.24) is 0 Å². The lowest BCUT2D eigenvalue weighted by molar-refractivity contribution is -0.385. The molecular weight excluding hydrogens is 376 g/mol. The molecule has 0 aliphatic rings. The molecule has 0 heterocycles. The van der Waals surface area contributed by atoms with E-state index in [4.69, 9.17) is 18.9 Å². The van der Waals surface area contributed by atoms with Gasteiger partial charge in [-0.2, -0.15) is 0 Å². The van der Waals surface area contributed by atoms with Gasteiger partial charge in [0.15, 0.2) is 23.0 Å². The van der Waals surface area contributed by atoms with Crippen molar-refractivity contribution in [1.29, 1.82) is 0 Å². The molecule has 0 aliphatic heterocycles. The minimum atomic E-state index is -0.434. The van der Waals surface area contributed by atoms with Crippen LogP contribution >= 0.6 is 0 Å². The summed E-state index contributed by atoms with van der Waals surface area (Å²) < 4.78 is 22.2. The Kier molecular flexibility index (Phi) is 7.94. The molecule has 8 heteroatoms. The number of rotatable bonds is 11. The highest BCUT2D eigenvalue weighted by Crippen LogP contribution is 2.35. The molecule has 0 bridgehead atoms. The number of nitrogens with one attached hydrogen (secondary N) is 1. The number of hydrogen-bond donors (Lipinski definition) is 1. The van der Waals surface area contributed by atoms with Gasteiger partial charge in [0.1, 0.15) is 0 Å². The zero-order valence-corrected chi connectivity index (χ0v) is 17.5. The number of hydrogen-bond acceptors (Lipinski definition) is 7. The minimum absolute atomic E-state index is 0.00241. The first-order chi connectivity index (χ1) is 13.9. The average Bonchev–Trinajstić information content (AvgIpc) is 2.70. The SMILES string of the molecule is CCNc1cc(OCCCOc2cc([N+](=O)[O-])c(C)cc2OC)c(OC)cc1C. The number of nitrogens with zero attached hydrogens (tertiary/aromatic N) is 1. The highest BCUT2D eigenvalue weighted by Gasteiger charge is 2.17. The summed E-state index contributed by atoms with van der Waals surface area (Å²) in [6, 6.07) is 6.84. The molecule has 158 valence electrons. The van der Waals surface area contributed by atoms with Gasteiger partial charge in [-0.15, -0.1) is 0 Å². The van der Waals surface area contributed by atoms with Crippen LogP contribution in [0, 0.1) is 24.0 Å². The van der Waals surface area contributed by atoms with E-state index in [1.54, 1.807) is 20.1 Å². The van der Waals surface area contributed by atoms with Crippen LogP contribution in [0.4, 0.5) is 11.4 Å². The Morgan fingerprint density at radius 3 is 1.97 bits per heavy atom. The number of anilines is 1. The van der Waals surface area contributed by atoms with Crippen LogP contribution in [0.5, 0.6) is 23.0 Å². The van der Waals surface area contributed by atoms with Gasteiger partial charge in [-0.25, -0.2) is 0 Å². The van der Waals surface area contributed by atoms with E-state index in [9.17, 15) is 10.1 Å². The molecule has 0 saturated heterocycles. The molecule has 0 amide bonds. The fourth-order valence-electron chi connectivity index (χ4n) is 2.86. The summed E-state index contributed by atoms with van der Waals surface area (Å²) in [4.78, 5) is 10.7. The fourth-order valence-corrected chi connectivity index (χ4v) is 2.86. The van der Waals surface area contributed by atoms with E-state index in [0.717, 1.165) is 17.8 Å². The van der Waals surface area contributed by atoms with Crippen molar-refractivity contribution < 1.29 is 23.9 Å². The van der Waals surface area contributed by atoms with Crippen molar-refractivity contribution in [3.63, 3.8) is 0 Å². The van der Waals surface area contributed by atoms with Crippen molar-refractivity contribution in [2.45, 2.75) is 27.2 Å². The van der Waals surface area contributed by atoms with Crippen molar-refractivity contribution >= 4 is 11.4 Å². The van der Waals surface area contributed by atoms with E-state index in [1.165, 1.54) is 13.2 Å². The van der Waals surface area contributed by atoms with Gasteiger partial charge in [0, 0.05) is 30.3 Å². The summed E-state index contributed by atoms with van der Waals surface area (Å²) in [6.07, 6.45) is 0.582. The Bertz CT molecular complexity index is 854. The lowest BCUT2D eigenvalue weighted by Gasteiger charge is -2.16. The maximum Gasteiger partial charge on any atom is 0.276 e. The predicted octanol–water partition coefficient (Wildman–Crippen LogP) is 4.51. The maximum atomic E-state index is 11.1. The molecule has 1 N–H and O–H groups in total. The number of aryl methyl sites for hydroxylation is 2. The lowest BCUT2D eigenvalue weighted by Crippen LogP contribution is -2.07. The summed E-state index contributed by atoms with van der Waals surface area (Å²) in [6.45, 7) is 7.24. The van der Waals surface area contributed by atoms with Crippen LogP contribution in [0.25, 0.3) is 0 Å². The van der Waals surface area contributed by atoms with Crippen molar-refractivity contribution in [2.24, 2.45) is 0 Å². The molecule has 0 unspecified atom stereocenters. The molecule has 29 heavy (non-hydrogen) atoms. The largest absolute Gasteiger partial charge is 0.493 e. The quantitative estimate of drug-likeness (QED) is 0.335. The molecule has 0 radical (unpaired) electrons. The van der Waals surface area contributed by atoms with E-state index in [1.807, 2.05) is 26.0 Å². The molecule has 0 atom stereocenters. The van der Waals surface area contributed by atoms with E-state index in [2.05, 4.69) is 5.32 Å². The highest BCUT2D eigenvalue weighted by molar-refractivity contribution is 5.60. The van der Waals surface area contributed by atoms with Crippen LogP contribution < -0.4 is 24.3 Å². The molecule has 2 aromatic rings. The van der Waals surface area contributed by atoms with E-state index in [-0.39, 0.29) is 5.69 Å².